The Morgan fingerprint density at radius 1 is 1.10 bits per heavy atom. The molecule has 0 aromatic heterocycles. The van der Waals surface area contributed by atoms with Gasteiger partial charge in [-0.05, 0) is 43.3 Å². The summed E-state index contributed by atoms with van der Waals surface area (Å²) in [7, 11) is 0. The van der Waals surface area contributed by atoms with Crippen LogP contribution >= 0.6 is 0 Å². The molecule has 1 nitrogen and oxygen atoms in total. The van der Waals surface area contributed by atoms with Crippen LogP contribution in [-0.2, 0) is 0 Å². The van der Waals surface area contributed by atoms with E-state index in [0.29, 0.717) is 5.92 Å². The maximum atomic E-state index is 4.59. The summed E-state index contributed by atoms with van der Waals surface area (Å²) < 4.78 is 0. The summed E-state index contributed by atoms with van der Waals surface area (Å²) in [6, 6.07) is 0. The highest BCUT2D eigenvalue weighted by atomic mass is 14.7. The minimum atomic E-state index is 0. The lowest BCUT2D eigenvalue weighted by Gasteiger charge is -2.13. The molecule has 0 amide bonds. The fraction of sp³-hybridized carbons (Fsp3) is 0.550. The summed E-state index contributed by atoms with van der Waals surface area (Å²) in [6.07, 6.45) is 16.2. The van der Waals surface area contributed by atoms with Gasteiger partial charge in [-0.2, -0.15) is 0 Å². The van der Waals surface area contributed by atoms with Crippen LogP contribution in [0.2, 0.25) is 0 Å². The van der Waals surface area contributed by atoms with Crippen molar-refractivity contribution >= 4 is 5.71 Å². The predicted octanol–water partition coefficient (Wildman–Crippen LogP) is 6.89. The Morgan fingerprint density at radius 3 is 2.43 bits per heavy atom. The third-order valence-corrected chi connectivity index (χ3v) is 3.09. The Morgan fingerprint density at radius 2 is 1.76 bits per heavy atom. The van der Waals surface area contributed by atoms with Crippen LogP contribution < -0.4 is 0 Å². The van der Waals surface area contributed by atoms with Crippen LogP contribution in [0.3, 0.4) is 0 Å². The van der Waals surface area contributed by atoms with Crippen molar-refractivity contribution in [2.24, 2.45) is 10.9 Å². The monoisotopic (exact) mass is 289 g/mol. The maximum absolute atomic E-state index is 4.59. The summed E-state index contributed by atoms with van der Waals surface area (Å²) in [5.41, 5.74) is 3.91. The lowest BCUT2D eigenvalue weighted by molar-refractivity contribution is 0.624. The van der Waals surface area contributed by atoms with E-state index in [0.717, 1.165) is 19.3 Å². The molecule has 0 aromatic rings. The largest absolute Gasteiger partial charge is 0.261 e. The van der Waals surface area contributed by atoms with E-state index in [4.69, 9.17) is 0 Å². The van der Waals surface area contributed by atoms with Gasteiger partial charge in [-0.3, -0.25) is 4.99 Å². The van der Waals surface area contributed by atoms with E-state index >= 15 is 0 Å². The zero-order valence-electron chi connectivity index (χ0n) is 14.1. The van der Waals surface area contributed by atoms with E-state index in [-0.39, 0.29) is 7.43 Å². The Kier molecular flexibility index (Phi) is 14.2. The second-order valence-corrected chi connectivity index (χ2v) is 4.64. The van der Waals surface area contributed by atoms with Gasteiger partial charge in [-0.15, -0.1) is 0 Å². The summed E-state index contributed by atoms with van der Waals surface area (Å²) in [6.45, 7) is 12.5. The lowest BCUT2D eigenvalue weighted by Crippen LogP contribution is -2.08. The third-order valence-electron chi connectivity index (χ3n) is 3.09. The quantitative estimate of drug-likeness (QED) is 0.498. The third kappa shape index (κ3) is 7.84. The second-order valence-electron chi connectivity index (χ2n) is 4.64. The highest BCUT2D eigenvalue weighted by molar-refractivity contribution is 6.04. The molecule has 21 heavy (non-hydrogen) atoms. The molecule has 0 N–H and O–H groups in total. The molecule has 1 atom stereocenters. The molecule has 1 unspecified atom stereocenters. The Labute approximate surface area is 133 Å². The van der Waals surface area contributed by atoms with Gasteiger partial charge < -0.3 is 0 Å². The molecular weight excluding hydrogens is 254 g/mol. The first-order valence-electron chi connectivity index (χ1n) is 8.03. The number of hydrogen-bond acceptors (Lipinski definition) is 1. The maximum Gasteiger partial charge on any atom is 0.0478 e. The first-order valence-corrected chi connectivity index (χ1v) is 8.03. The zero-order valence-corrected chi connectivity index (χ0v) is 14.1. The van der Waals surface area contributed by atoms with Crippen molar-refractivity contribution in [3.05, 3.63) is 47.7 Å². The van der Waals surface area contributed by atoms with E-state index in [9.17, 15) is 0 Å². The van der Waals surface area contributed by atoms with Crippen LogP contribution in [0.25, 0.3) is 0 Å². The Bertz CT molecular complexity index is 406. The van der Waals surface area contributed by atoms with Crippen LogP contribution in [-0.4, -0.2) is 5.71 Å². The van der Waals surface area contributed by atoms with Gasteiger partial charge in [0.05, 0.1) is 0 Å². The number of allylic oxidation sites excluding steroid dienone is 7. The summed E-state index contributed by atoms with van der Waals surface area (Å²) >= 11 is 0. The van der Waals surface area contributed by atoms with Crippen molar-refractivity contribution in [1.29, 1.82) is 0 Å². The molecule has 0 bridgehead atoms. The zero-order chi connectivity index (χ0) is 15.4. The van der Waals surface area contributed by atoms with E-state index in [1.165, 1.54) is 16.9 Å². The molecule has 0 fully saturated rings. The number of rotatable bonds is 1. The van der Waals surface area contributed by atoms with Crippen molar-refractivity contribution in [2.75, 3.05) is 0 Å². The van der Waals surface area contributed by atoms with Crippen LogP contribution in [0.15, 0.2) is 52.7 Å². The van der Waals surface area contributed by atoms with Gasteiger partial charge in [0.1, 0.15) is 0 Å². The normalized spacial score (nSPS) is 19.9. The molecule has 0 spiro atoms. The highest BCUT2D eigenvalue weighted by Crippen LogP contribution is 2.23. The summed E-state index contributed by atoms with van der Waals surface area (Å²) in [4.78, 5) is 4.59. The first-order chi connectivity index (χ1) is 9.77. The molecular formula is C20H35N. The van der Waals surface area contributed by atoms with Gasteiger partial charge >= 0.3 is 0 Å². The summed E-state index contributed by atoms with van der Waals surface area (Å²) in [5, 5.41) is 0. The number of aliphatic imine (C=N–C) groups is 1. The van der Waals surface area contributed by atoms with E-state index in [1.807, 2.05) is 33.9 Å². The second kappa shape index (κ2) is 13.6. The topological polar surface area (TPSA) is 12.4 Å². The first kappa shape index (κ1) is 21.9. The SMILES string of the molecule is C.CC.CC.CC1=CC=CCC=C1C1=NC=CCC(C)C1. The molecule has 0 saturated carbocycles. The minimum absolute atomic E-state index is 0. The number of hydrogen-bond donors (Lipinski definition) is 0. The van der Waals surface area contributed by atoms with Crippen LogP contribution in [0, 0.1) is 5.92 Å². The molecule has 1 heteroatoms. The van der Waals surface area contributed by atoms with Crippen LogP contribution in [0.1, 0.15) is 68.2 Å². The van der Waals surface area contributed by atoms with Gasteiger partial charge in [0.2, 0.25) is 0 Å². The van der Waals surface area contributed by atoms with E-state index in [1.54, 1.807) is 0 Å². The van der Waals surface area contributed by atoms with Crippen molar-refractivity contribution in [2.45, 2.75) is 68.2 Å². The lowest BCUT2D eigenvalue weighted by atomic mass is 9.93. The van der Waals surface area contributed by atoms with Crippen molar-refractivity contribution in [3.8, 4) is 0 Å². The predicted molar refractivity (Wildman–Crippen MR) is 100.0 cm³/mol. The molecule has 1 aliphatic heterocycles. The van der Waals surface area contributed by atoms with Crippen molar-refractivity contribution in [3.63, 3.8) is 0 Å². The highest BCUT2D eigenvalue weighted by Gasteiger charge is 2.14. The number of nitrogens with zero attached hydrogens (tertiary/aromatic N) is 1. The molecule has 2 rings (SSSR count). The fourth-order valence-corrected chi connectivity index (χ4v) is 2.15. The standard InChI is InChI=1S/C15H19N.2C2H6.CH4/c1-12-7-6-10-16-15(11-12)14-9-5-3-4-8-13(14)2;2*1-2;/h3-4,6,8-10,12H,5,7,11H2,1-2H3;2*1-2H3;1H4. The van der Waals surface area contributed by atoms with E-state index in [2.05, 4.69) is 49.2 Å². The average Bonchev–Trinajstić information content (AvgIpc) is 2.83. The van der Waals surface area contributed by atoms with Gasteiger partial charge in [0.25, 0.3) is 0 Å². The molecule has 2 aliphatic rings. The molecule has 120 valence electrons. The molecule has 1 heterocycles. The fourth-order valence-electron chi connectivity index (χ4n) is 2.15. The molecule has 0 radical (unpaired) electrons. The smallest absolute Gasteiger partial charge is 0.0478 e. The van der Waals surface area contributed by atoms with Crippen LogP contribution in [0.5, 0.6) is 0 Å². The van der Waals surface area contributed by atoms with E-state index < -0.39 is 0 Å². The van der Waals surface area contributed by atoms with Crippen molar-refractivity contribution in [1.82, 2.24) is 0 Å². The Hall–Kier alpha value is -1.37. The van der Waals surface area contributed by atoms with Gasteiger partial charge in [0.15, 0.2) is 0 Å². The molecule has 0 saturated heterocycles. The molecule has 0 aromatic carbocycles. The van der Waals surface area contributed by atoms with Crippen LogP contribution in [0.4, 0.5) is 0 Å². The van der Waals surface area contributed by atoms with Gasteiger partial charge in [-0.1, -0.05) is 72.4 Å². The Balaban J connectivity index is 0. The molecule has 1 aliphatic carbocycles. The summed E-state index contributed by atoms with van der Waals surface area (Å²) in [5.74, 6) is 0.697. The van der Waals surface area contributed by atoms with Gasteiger partial charge in [-0.25, -0.2) is 0 Å². The van der Waals surface area contributed by atoms with Crippen molar-refractivity contribution < 1.29 is 0 Å². The average molecular weight is 290 g/mol. The van der Waals surface area contributed by atoms with Gasteiger partial charge in [0, 0.05) is 11.9 Å². The minimum Gasteiger partial charge on any atom is -0.261 e.